The van der Waals surface area contributed by atoms with Gasteiger partial charge in [-0.05, 0) is 42.4 Å². The minimum Gasteiger partial charge on any atom is -0.353 e. The average Bonchev–Trinajstić information content (AvgIpc) is 3.14. The van der Waals surface area contributed by atoms with Crippen LogP contribution >= 0.6 is 23.6 Å². The van der Waals surface area contributed by atoms with Crippen molar-refractivity contribution in [3.63, 3.8) is 0 Å². The smallest absolute Gasteiger partial charge is 0.222 e. The summed E-state index contributed by atoms with van der Waals surface area (Å²) in [7, 11) is 0. The molecular weight excluding hydrogens is 328 g/mol. The summed E-state index contributed by atoms with van der Waals surface area (Å²) in [4.78, 5) is 13.3. The molecular formula is C16H22N4OS2. The average molecular weight is 351 g/mol. The predicted molar refractivity (Wildman–Crippen MR) is 94.9 cm³/mol. The van der Waals surface area contributed by atoms with Crippen molar-refractivity contribution in [3.05, 3.63) is 22.3 Å². The van der Waals surface area contributed by atoms with Crippen molar-refractivity contribution in [1.29, 1.82) is 0 Å². The largest absolute Gasteiger partial charge is 0.353 e. The number of nitrogens with zero attached hydrogens (tertiary/aromatic N) is 2. The van der Waals surface area contributed by atoms with E-state index in [9.17, 15) is 4.79 Å². The highest BCUT2D eigenvalue weighted by molar-refractivity contribution is 7.71. The number of hydrogen-bond donors (Lipinski definition) is 2. The zero-order valence-electron chi connectivity index (χ0n) is 13.2. The van der Waals surface area contributed by atoms with Gasteiger partial charge in [-0.15, -0.1) is 11.3 Å². The van der Waals surface area contributed by atoms with Crippen LogP contribution in [0.1, 0.15) is 39.0 Å². The molecule has 3 rings (SSSR count). The van der Waals surface area contributed by atoms with E-state index in [1.165, 1.54) is 12.8 Å². The lowest BCUT2D eigenvalue weighted by Gasteiger charge is -2.27. The van der Waals surface area contributed by atoms with Gasteiger partial charge in [-0.2, -0.15) is 5.10 Å². The fourth-order valence-electron chi connectivity index (χ4n) is 3.20. The van der Waals surface area contributed by atoms with Crippen molar-refractivity contribution in [2.45, 2.75) is 51.6 Å². The second kappa shape index (κ2) is 7.40. The molecule has 2 aromatic rings. The summed E-state index contributed by atoms with van der Waals surface area (Å²) in [5, 5.41) is 12.3. The van der Waals surface area contributed by atoms with Crippen molar-refractivity contribution in [2.75, 3.05) is 0 Å². The molecule has 0 bridgehead atoms. The Morgan fingerprint density at radius 3 is 3.17 bits per heavy atom. The van der Waals surface area contributed by atoms with Crippen molar-refractivity contribution >= 4 is 29.5 Å². The van der Waals surface area contributed by atoms with Crippen LogP contribution in [-0.4, -0.2) is 26.7 Å². The molecule has 2 N–H and O–H groups in total. The molecule has 1 saturated carbocycles. The Kier molecular flexibility index (Phi) is 5.27. The fraction of sp³-hybridized carbons (Fsp3) is 0.562. The molecule has 124 valence electrons. The SMILES string of the molecule is CC1CCCC(NC(=O)CCn2c(-c3cccs3)n[nH]c2=S)C1. The molecule has 0 aromatic carbocycles. The third kappa shape index (κ3) is 4.09. The highest BCUT2D eigenvalue weighted by atomic mass is 32.1. The first-order chi connectivity index (χ1) is 11.1. The van der Waals surface area contributed by atoms with Gasteiger partial charge in [0, 0.05) is 19.0 Å². The van der Waals surface area contributed by atoms with Crippen LogP contribution in [0.4, 0.5) is 0 Å². The van der Waals surface area contributed by atoms with E-state index in [4.69, 9.17) is 12.2 Å². The summed E-state index contributed by atoms with van der Waals surface area (Å²) in [5.41, 5.74) is 0. The fourth-order valence-corrected chi connectivity index (χ4v) is 4.14. The number of hydrogen-bond acceptors (Lipinski definition) is 4. The maximum absolute atomic E-state index is 12.2. The Morgan fingerprint density at radius 1 is 1.57 bits per heavy atom. The molecule has 0 spiro atoms. The molecule has 5 nitrogen and oxygen atoms in total. The van der Waals surface area contributed by atoms with Crippen LogP contribution in [0.15, 0.2) is 17.5 Å². The van der Waals surface area contributed by atoms with E-state index in [1.54, 1.807) is 11.3 Å². The van der Waals surface area contributed by atoms with Crippen LogP contribution in [0.2, 0.25) is 0 Å². The third-order valence-corrected chi connectivity index (χ3v) is 5.54. The molecule has 1 aliphatic carbocycles. The van der Waals surface area contributed by atoms with Gasteiger partial charge in [0.1, 0.15) is 0 Å². The van der Waals surface area contributed by atoms with Gasteiger partial charge in [0.15, 0.2) is 10.6 Å². The molecule has 2 heterocycles. The number of carbonyl (C=O) groups excluding carboxylic acids is 1. The maximum Gasteiger partial charge on any atom is 0.222 e. The van der Waals surface area contributed by atoms with E-state index in [2.05, 4.69) is 22.4 Å². The number of thiophene rings is 1. The summed E-state index contributed by atoms with van der Waals surface area (Å²) in [5.74, 6) is 1.62. The molecule has 0 aliphatic heterocycles. The quantitative estimate of drug-likeness (QED) is 0.807. The zero-order chi connectivity index (χ0) is 16.2. The lowest BCUT2D eigenvalue weighted by atomic mass is 9.87. The van der Waals surface area contributed by atoms with Gasteiger partial charge < -0.3 is 5.32 Å². The second-order valence-corrected chi connectivity index (χ2v) is 7.60. The molecule has 2 aromatic heterocycles. The molecule has 1 aliphatic rings. The second-order valence-electron chi connectivity index (χ2n) is 6.27. The number of aromatic amines is 1. The summed E-state index contributed by atoms with van der Waals surface area (Å²) in [6.07, 6.45) is 5.11. The van der Waals surface area contributed by atoms with Crippen LogP contribution in [0.25, 0.3) is 10.7 Å². The summed E-state index contributed by atoms with van der Waals surface area (Å²) < 4.78 is 2.47. The molecule has 23 heavy (non-hydrogen) atoms. The number of aromatic nitrogens is 3. The normalized spacial score (nSPS) is 21.3. The van der Waals surface area contributed by atoms with E-state index in [1.807, 2.05) is 22.1 Å². The topological polar surface area (TPSA) is 62.7 Å². The number of nitrogens with one attached hydrogen (secondary N) is 2. The standard InChI is InChI=1S/C16H22N4OS2/c1-11-4-2-5-12(10-11)17-14(21)7-8-20-15(18-19-16(20)22)13-6-3-9-23-13/h3,6,9,11-12H,2,4-5,7-8,10H2,1H3,(H,17,21)(H,19,22). The van der Waals surface area contributed by atoms with Crippen molar-refractivity contribution in [3.8, 4) is 10.7 Å². The molecule has 0 radical (unpaired) electrons. The van der Waals surface area contributed by atoms with Crippen LogP contribution in [-0.2, 0) is 11.3 Å². The lowest BCUT2D eigenvalue weighted by Crippen LogP contribution is -2.38. The third-order valence-electron chi connectivity index (χ3n) is 4.36. The van der Waals surface area contributed by atoms with E-state index >= 15 is 0 Å². The van der Waals surface area contributed by atoms with Crippen molar-refractivity contribution in [1.82, 2.24) is 20.1 Å². The first-order valence-corrected chi connectivity index (χ1v) is 9.40. The predicted octanol–water partition coefficient (Wildman–Crippen LogP) is 3.75. The van der Waals surface area contributed by atoms with Gasteiger partial charge in [0.2, 0.25) is 5.91 Å². The lowest BCUT2D eigenvalue weighted by molar-refractivity contribution is -0.122. The van der Waals surface area contributed by atoms with Crippen molar-refractivity contribution in [2.24, 2.45) is 5.92 Å². The highest BCUT2D eigenvalue weighted by Gasteiger charge is 2.20. The molecule has 1 fully saturated rings. The van der Waals surface area contributed by atoms with Crippen LogP contribution in [0.3, 0.4) is 0 Å². The van der Waals surface area contributed by atoms with Gasteiger partial charge in [0.05, 0.1) is 4.88 Å². The summed E-state index contributed by atoms with van der Waals surface area (Å²) >= 11 is 6.91. The Bertz CT molecular complexity index is 704. The van der Waals surface area contributed by atoms with E-state index in [0.29, 0.717) is 29.7 Å². The summed E-state index contributed by atoms with van der Waals surface area (Å²) in [6.45, 7) is 2.81. The van der Waals surface area contributed by atoms with Gasteiger partial charge in [0.25, 0.3) is 0 Å². The Labute approximate surface area is 145 Å². The number of H-pyrrole nitrogens is 1. The van der Waals surface area contributed by atoms with Gasteiger partial charge in [-0.25, -0.2) is 0 Å². The molecule has 2 atom stereocenters. The minimum atomic E-state index is 0.101. The minimum absolute atomic E-state index is 0.101. The molecule has 1 amide bonds. The first-order valence-electron chi connectivity index (χ1n) is 8.12. The number of amides is 1. The first kappa shape index (κ1) is 16.4. The molecule has 7 heteroatoms. The van der Waals surface area contributed by atoms with E-state index in [-0.39, 0.29) is 5.91 Å². The van der Waals surface area contributed by atoms with Crippen LogP contribution in [0, 0.1) is 10.7 Å². The van der Waals surface area contributed by atoms with E-state index in [0.717, 1.165) is 23.5 Å². The number of rotatable bonds is 5. The monoisotopic (exact) mass is 350 g/mol. The summed E-state index contributed by atoms with van der Waals surface area (Å²) in [6, 6.07) is 4.33. The Balaban J connectivity index is 1.59. The maximum atomic E-state index is 12.2. The van der Waals surface area contributed by atoms with Gasteiger partial charge >= 0.3 is 0 Å². The highest BCUT2D eigenvalue weighted by Crippen LogP contribution is 2.24. The Morgan fingerprint density at radius 2 is 2.43 bits per heavy atom. The van der Waals surface area contributed by atoms with Crippen LogP contribution in [0.5, 0.6) is 0 Å². The molecule has 2 unspecified atom stereocenters. The van der Waals surface area contributed by atoms with Gasteiger partial charge in [-0.1, -0.05) is 25.8 Å². The zero-order valence-corrected chi connectivity index (χ0v) is 14.9. The van der Waals surface area contributed by atoms with Gasteiger partial charge in [-0.3, -0.25) is 14.5 Å². The Hall–Kier alpha value is -1.47. The van der Waals surface area contributed by atoms with Crippen LogP contribution < -0.4 is 5.32 Å². The van der Waals surface area contributed by atoms with Crippen molar-refractivity contribution < 1.29 is 4.79 Å². The van der Waals surface area contributed by atoms with E-state index < -0.39 is 0 Å². The number of carbonyl (C=O) groups is 1. The molecule has 0 saturated heterocycles.